The predicted octanol–water partition coefficient (Wildman–Crippen LogP) is 4.75. The summed E-state index contributed by atoms with van der Waals surface area (Å²) in [7, 11) is 1.60. The average Bonchev–Trinajstić information content (AvgIpc) is 2.95. The summed E-state index contributed by atoms with van der Waals surface area (Å²) < 4.78 is 5.34. The van der Waals surface area contributed by atoms with Crippen LogP contribution in [-0.4, -0.2) is 51.9 Å². The molecule has 0 amide bonds. The molecule has 9 heteroatoms. The van der Waals surface area contributed by atoms with Crippen molar-refractivity contribution in [3.8, 4) is 11.9 Å². The summed E-state index contributed by atoms with van der Waals surface area (Å²) in [4.78, 5) is 13.2. The maximum absolute atomic E-state index is 10.3. The molecule has 9 nitrogen and oxygen atoms in total. The first-order valence-electron chi connectivity index (χ1n) is 15.0. The summed E-state index contributed by atoms with van der Waals surface area (Å²) in [6.07, 6.45) is 12.4. The van der Waals surface area contributed by atoms with Gasteiger partial charge in [0.25, 0.3) is 0 Å². The normalized spacial score (nSPS) is 31.7. The molecule has 0 aliphatic heterocycles. The summed E-state index contributed by atoms with van der Waals surface area (Å²) >= 11 is 0. The van der Waals surface area contributed by atoms with Gasteiger partial charge >= 0.3 is 0 Å². The molecule has 0 aromatic carbocycles. The van der Waals surface area contributed by atoms with E-state index in [1.54, 1.807) is 19.5 Å². The van der Waals surface area contributed by atoms with Crippen LogP contribution in [0, 0.1) is 40.9 Å². The van der Waals surface area contributed by atoms with Gasteiger partial charge in [0.05, 0.1) is 18.9 Å². The van der Waals surface area contributed by atoms with Gasteiger partial charge < -0.3 is 25.8 Å². The second kappa shape index (κ2) is 12.7. The van der Waals surface area contributed by atoms with Crippen LogP contribution in [0.5, 0.6) is 5.88 Å². The van der Waals surface area contributed by atoms with Gasteiger partial charge in [-0.25, -0.2) is 9.97 Å². The molecular formula is C31H45N7O2. The standard InChI is InChI=1S/C31H45N7O2/c1-20-11-22-12-23(14-25(13-22)27(20)34-16-21-6-8-31(2,39)9-7-21)17-35-28-26(15-32)19-37-30(38-28)36-18-24-5-4-10-33-29(24)40-3/h4-5,10,19-23,25,27,34,39H,6-9,11-14,16-18H2,1-3H3,(H2,35,36,37,38)/t20-,21-,22?,23-,25-,27+,31+/m1/s1. The Bertz CT molecular complexity index is 1170. The first kappa shape index (κ1) is 28.6. The lowest BCUT2D eigenvalue weighted by Gasteiger charge is -2.48. The van der Waals surface area contributed by atoms with Gasteiger partial charge in [-0.05, 0) is 100 Å². The molecule has 2 bridgehead atoms. The highest BCUT2D eigenvalue weighted by Crippen LogP contribution is 2.45. The van der Waals surface area contributed by atoms with E-state index in [-0.39, 0.29) is 0 Å². The average molecular weight is 548 g/mol. The van der Waals surface area contributed by atoms with E-state index in [1.807, 2.05) is 19.1 Å². The number of fused-ring (bicyclic) bond motifs is 2. The molecular weight excluding hydrogens is 502 g/mol. The van der Waals surface area contributed by atoms with E-state index < -0.39 is 5.60 Å². The van der Waals surface area contributed by atoms with Crippen molar-refractivity contribution >= 4 is 11.8 Å². The molecule has 216 valence electrons. The summed E-state index contributed by atoms with van der Waals surface area (Å²) in [6, 6.07) is 6.62. The van der Waals surface area contributed by atoms with Crippen LogP contribution in [0.3, 0.4) is 0 Å². The van der Waals surface area contributed by atoms with Gasteiger partial charge in [0, 0.05) is 30.9 Å². The van der Waals surface area contributed by atoms with Crippen LogP contribution in [0.4, 0.5) is 11.8 Å². The number of nitrogens with zero attached hydrogens (tertiary/aromatic N) is 4. The minimum Gasteiger partial charge on any atom is -0.481 e. The highest BCUT2D eigenvalue weighted by Gasteiger charge is 2.41. The topological polar surface area (TPSA) is 128 Å². The molecule has 2 heterocycles. The van der Waals surface area contributed by atoms with Crippen molar-refractivity contribution in [1.29, 1.82) is 5.26 Å². The van der Waals surface area contributed by atoms with Crippen molar-refractivity contribution in [2.24, 2.45) is 29.6 Å². The van der Waals surface area contributed by atoms with Gasteiger partial charge in [0.15, 0.2) is 0 Å². The number of aliphatic hydroxyl groups is 1. The van der Waals surface area contributed by atoms with Crippen LogP contribution >= 0.6 is 0 Å². The third-order valence-electron chi connectivity index (χ3n) is 9.54. The number of nitriles is 1. The van der Waals surface area contributed by atoms with Crippen LogP contribution in [0.15, 0.2) is 24.5 Å². The summed E-state index contributed by atoms with van der Waals surface area (Å²) in [5.41, 5.74) is 0.902. The van der Waals surface area contributed by atoms with E-state index >= 15 is 0 Å². The minimum atomic E-state index is -0.468. The number of ether oxygens (including phenoxy) is 1. The van der Waals surface area contributed by atoms with E-state index in [0.29, 0.717) is 59.5 Å². The second-order valence-corrected chi connectivity index (χ2v) is 12.8. The van der Waals surface area contributed by atoms with Crippen LogP contribution in [0.25, 0.3) is 0 Å². The molecule has 3 aliphatic rings. The summed E-state index contributed by atoms with van der Waals surface area (Å²) in [5.74, 6) is 5.02. The Kier molecular flexibility index (Phi) is 9.07. The smallest absolute Gasteiger partial charge is 0.224 e. The largest absolute Gasteiger partial charge is 0.481 e. The maximum Gasteiger partial charge on any atom is 0.224 e. The van der Waals surface area contributed by atoms with E-state index in [0.717, 1.165) is 50.3 Å². The molecule has 1 unspecified atom stereocenters. The van der Waals surface area contributed by atoms with Crippen molar-refractivity contribution in [2.75, 3.05) is 30.8 Å². The highest BCUT2D eigenvalue weighted by atomic mass is 16.5. The molecule has 2 aromatic rings. The van der Waals surface area contributed by atoms with Crippen molar-refractivity contribution in [3.63, 3.8) is 0 Å². The number of hydrogen-bond donors (Lipinski definition) is 4. The van der Waals surface area contributed by atoms with Crippen molar-refractivity contribution in [3.05, 3.63) is 35.7 Å². The van der Waals surface area contributed by atoms with E-state index in [1.165, 1.54) is 25.7 Å². The first-order valence-corrected chi connectivity index (χ1v) is 15.0. The quantitative estimate of drug-likeness (QED) is 0.333. The Balaban J connectivity index is 1.16. The number of anilines is 2. The fourth-order valence-corrected chi connectivity index (χ4v) is 7.42. The summed E-state index contributed by atoms with van der Waals surface area (Å²) in [6.45, 7) is 6.77. The Hall–Kier alpha value is -2.96. The molecule has 0 saturated heterocycles. The van der Waals surface area contributed by atoms with Gasteiger partial charge in [-0.1, -0.05) is 13.0 Å². The third-order valence-corrected chi connectivity index (χ3v) is 9.54. The van der Waals surface area contributed by atoms with Crippen molar-refractivity contribution in [2.45, 2.75) is 83.4 Å². The van der Waals surface area contributed by atoms with E-state index in [9.17, 15) is 10.4 Å². The Morgan fingerprint density at radius 2 is 1.93 bits per heavy atom. The van der Waals surface area contributed by atoms with Gasteiger partial charge in [0.2, 0.25) is 11.8 Å². The predicted molar refractivity (Wildman–Crippen MR) is 156 cm³/mol. The fraction of sp³-hybridized carbons (Fsp3) is 0.677. The van der Waals surface area contributed by atoms with Crippen LogP contribution < -0.4 is 20.7 Å². The number of rotatable bonds is 10. The van der Waals surface area contributed by atoms with Gasteiger partial charge in [-0.2, -0.15) is 10.2 Å². The molecule has 3 fully saturated rings. The minimum absolute atomic E-state index is 0.458. The van der Waals surface area contributed by atoms with Gasteiger partial charge in [-0.15, -0.1) is 0 Å². The fourth-order valence-electron chi connectivity index (χ4n) is 7.42. The molecule has 3 saturated carbocycles. The SMILES string of the molecule is COc1ncccc1CNc1ncc(C#N)c(NC[C@@H]2CC3C[C@H](C2)[C@@H](NC[C@H]2CC[C@@](C)(O)CC2)[C@H](C)C3)n1. The molecule has 4 N–H and O–H groups in total. The molecule has 2 aromatic heterocycles. The Morgan fingerprint density at radius 1 is 1.10 bits per heavy atom. The Morgan fingerprint density at radius 3 is 2.70 bits per heavy atom. The van der Waals surface area contributed by atoms with Gasteiger partial charge in [-0.3, -0.25) is 0 Å². The zero-order valence-electron chi connectivity index (χ0n) is 24.2. The number of nitrogens with one attached hydrogen (secondary N) is 3. The van der Waals surface area contributed by atoms with Crippen LogP contribution in [-0.2, 0) is 6.54 Å². The number of hydrogen-bond acceptors (Lipinski definition) is 9. The lowest BCUT2D eigenvalue weighted by atomic mass is 9.62. The molecule has 3 aliphatic carbocycles. The highest BCUT2D eigenvalue weighted by molar-refractivity contribution is 5.53. The molecule has 0 spiro atoms. The lowest BCUT2D eigenvalue weighted by molar-refractivity contribution is 0.00543. The summed E-state index contributed by atoms with van der Waals surface area (Å²) in [5, 5.41) is 30.7. The molecule has 40 heavy (non-hydrogen) atoms. The van der Waals surface area contributed by atoms with Crippen LogP contribution in [0.2, 0.25) is 0 Å². The Labute approximate surface area is 238 Å². The second-order valence-electron chi connectivity index (χ2n) is 12.8. The third kappa shape index (κ3) is 7.02. The van der Waals surface area contributed by atoms with E-state index in [2.05, 4.69) is 43.9 Å². The number of methoxy groups -OCH3 is 1. The monoisotopic (exact) mass is 547 g/mol. The number of pyridine rings is 1. The number of aromatic nitrogens is 3. The first-order chi connectivity index (χ1) is 19.3. The molecule has 0 radical (unpaired) electrons. The van der Waals surface area contributed by atoms with Crippen molar-refractivity contribution < 1.29 is 9.84 Å². The maximum atomic E-state index is 10.3. The zero-order chi connectivity index (χ0) is 28.1. The van der Waals surface area contributed by atoms with Crippen molar-refractivity contribution in [1.82, 2.24) is 20.3 Å². The lowest BCUT2D eigenvalue weighted by Crippen LogP contribution is -2.51. The molecule has 5 atom stereocenters. The van der Waals surface area contributed by atoms with E-state index in [4.69, 9.17) is 4.74 Å². The zero-order valence-corrected chi connectivity index (χ0v) is 24.2. The van der Waals surface area contributed by atoms with Crippen LogP contribution in [0.1, 0.15) is 76.3 Å². The molecule has 5 rings (SSSR count). The van der Waals surface area contributed by atoms with Gasteiger partial charge in [0.1, 0.15) is 17.5 Å².